The monoisotopic (exact) mass is 308 g/mol. The molecule has 0 aliphatic carbocycles. The minimum Gasteiger partial charge on any atom is -0.339 e. The predicted molar refractivity (Wildman–Crippen MR) is 84.6 cm³/mol. The third-order valence-corrected chi connectivity index (χ3v) is 4.31. The summed E-state index contributed by atoms with van der Waals surface area (Å²) in [6.45, 7) is 9.60. The molecule has 116 valence electrons. The highest BCUT2D eigenvalue weighted by molar-refractivity contribution is 7.09. The van der Waals surface area contributed by atoms with E-state index < -0.39 is 0 Å². The topological polar surface area (TPSA) is 63.8 Å². The Morgan fingerprint density at radius 1 is 1.33 bits per heavy atom. The molecule has 6 heteroatoms. The van der Waals surface area contributed by atoms with Gasteiger partial charge in [-0.05, 0) is 25.8 Å². The molecule has 2 aromatic rings. The first-order valence-electron chi connectivity index (χ1n) is 7.54. The molecule has 1 atom stereocenters. The van der Waals surface area contributed by atoms with Crippen LogP contribution in [-0.4, -0.2) is 27.7 Å². The normalized spacial score (nSPS) is 13.0. The van der Waals surface area contributed by atoms with E-state index in [2.05, 4.69) is 41.2 Å². The van der Waals surface area contributed by atoms with Gasteiger partial charge in [-0.25, -0.2) is 4.98 Å². The van der Waals surface area contributed by atoms with Gasteiger partial charge in [0.2, 0.25) is 5.89 Å². The summed E-state index contributed by atoms with van der Waals surface area (Å²) in [5.41, 5.74) is 1.04. The lowest BCUT2D eigenvalue weighted by Crippen LogP contribution is -2.36. The molecule has 0 saturated carbocycles. The fraction of sp³-hybridized carbons (Fsp3) is 0.667. The largest absolute Gasteiger partial charge is 0.339 e. The van der Waals surface area contributed by atoms with Gasteiger partial charge in [0.05, 0.1) is 6.42 Å². The molecule has 21 heavy (non-hydrogen) atoms. The maximum Gasteiger partial charge on any atom is 0.228 e. The molecule has 0 spiro atoms. The molecule has 2 aromatic heterocycles. The van der Waals surface area contributed by atoms with Crippen LogP contribution < -0.4 is 5.32 Å². The minimum absolute atomic E-state index is 0.375. The Hall–Kier alpha value is -1.27. The van der Waals surface area contributed by atoms with Gasteiger partial charge in [-0.3, -0.25) is 0 Å². The van der Waals surface area contributed by atoms with E-state index in [1.54, 1.807) is 11.3 Å². The van der Waals surface area contributed by atoms with Gasteiger partial charge in [-0.2, -0.15) is 4.98 Å². The van der Waals surface area contributed by atoms with Crippen LogP contribution in [0.2, 0.25) is 0 Å². The van der Waals surface area contributed by atoms with Gasteiger partial charge in [0, 0.05) is 23.5 Å². The SMILES string of the molecule is CCCNC(Cc1nc(Cc2nc(C)cs2)no1)C(C)C. The van der Waals surface area contributed by atoms with Crippen molar-refractivity contribution in [2.75, 3.05) is 6.54 Å². The average molecular weight is 308 g/mol. The number of rotatable bonds is 8. The van der Waals surface area contributed by atoms with E-state index in [9.17, 15) is 0 Å². The van der Waals surface area contributed by atoms with Crippen LogP contribution in [0.15, 0.2) is 9.90 Å². The summed E-state index contributed by atoms with van der Waals surface area (Å²) in [4.78, 5) is 8.92. The fourth-order valence-corrected chi connectivity index (χ4v) is 2.89. The number of aryl methyl sites for hydroxylation is 1. The minimum atomic E-state index is 0.375. The summed E-state index contributed by atoms with van der Waals surface area (Å²) in [5.74, 6) is 1.96. The van der Waals surface area contributed by atoms with E-state index in [1.165, 1.54) is 0 Å². The Morgan fingerprint density at radius 3 is 2.76 bits per heavy atom. The zero-order valence-corrected chi connectivity index (χ0v) is 14.0. The lowest BCUT2D eigenvalue weighted by molar-refractivity contribution is 0.325. The zero-order valence-electron chi connectivity index (χ0n) is 13.2. The number of hydrogen-bond donors (Lipinski definition) is 1. The van der Waals surface area contributed by atoms with E-state index in [4.69, 9.17) is 4.52 Å². The van der Waals surface area contributed by atoms with Crippen molar-refractivity contribution in [1.29, 1.82) is 0 Å². The van der Waals surface area contributed by atoms with Crippen LogP contribution in [0, 0.1) is 12.8 Å². The average Bonchev–Trinajstić information content (AvgIpc) is 3.04. The molecular weight excluding hydrogens is 284 g/mol. The lowest BCUT2D eigenvalue weighted by atomic mass is 10.0. The van der Waals surface area contributed by atoms with Crippen LogP contribution in [0.4, 0.5) is 0 Å². The Kier molecular flexibility index (Phi) is 5.87. The maximum absolute atomic E-state index is 5.38. The summed E-state index contributed by atoms with van der Waals surface area (Å²) in [5, 5.41) is 10.7. The third-order valence-electron chi connectivity index (χ3n) is 3.34. The van der Waals surface area contributed by atoms with Crippen molar-refractivity contribution in [3.8, 4) is 0 Å². The molecule has 0 aromatic carbocycles. The summed E-state index contributed by atoms with van der Waals surface area (Å²) in [6, 6.07) is 0.375. The van der Waals surface area contributed by atoms with Crippen LogP contribution >= 0.6 is 11.3 Å². The highest BCUT2D eigenvalue weighted by Crippen LogP contribution is 2.14. The van der Waals surface area contributed by atoms with E-state index in [-0.39, 0.29) is 0 Å². The van der Waals surface area contributed by atoms with Crippen molar-refractivity contribution in [3.05, 3.63) is 27.8 Å². The summed E-state index contributed by atoms with van der Waals surface area (Å²) >= 11 is 1.64. The smallest absolute Gasteiger partial charge is 0.228 e. The highest BCUT2D eigenvalue weighted by atomic mass is 32.1. The summed E-state index contributed by atoms with van der Waals surface area (Å²) < 4.78 is 5.38. The van der Waals surface area contributed by atoms with E-state index >= 15 is 0 Å². The first-order valence-corrected chi connectivity index (χ1v) is 8.42. The van der Waals surface area contributed by atoms with Crippen LogP contribution in [0.3, 0.4) is 0 Å². The quantitative estimate of drug-likeness (QED) is 0.812. The molecule has 1 N–H and O–H groups in total. The van der Waals surface area contributed by atoms with Gasteiger partial charge in [-0.1, -0.05) is 25.9 Å². The number of thiazole rings is 1. The van der Waals surface area contributed by atoms with Gasteiger partial charge < -0.3 is 9.84 Å². The summed E-state index contributed by atoms with van der Waals surface area (Å²) in [7, 11) is 0. The van der Waals surface area contributed by atoms with Crippen molar-refractivity contribution >= 4 is 11.3 Å². The van der Waals surface area contributed by atoms with Crippen LogP contribution in [0.1, 0.15) is 49.6 Å². The predicted octanol–water partition coefficient (Wildman–Crippen LogP) is 2.99. The molecule has 2 rings (SSSR count). The lowest BCUT2D eigenvalue weighted by Gasteiger charge is -2.20. The molecule has 0 fully saturated rings. The molecule has 0 bridgehead atoms. The first-order chi connectivity index (χ1) is 10.1. The zero-order chi connectivity index (χ0) is 15.2. The van der Waals surface area contributed by atoms with Crippen molar-refractivity contribution in [2.24, 2.45) is 5.92 Å². The molecule has 0 saturated heterocycles. The molecule has 1 unspecified atom stereocenters. The van der Waals surface area contributed by atoms with Gasteiger partial charge in [0.15, 0.2) is 5.82 Å². The number of nitrogens with zero attached hydrogens (tertiary/aromatic N) is 3. The Labute approximate surface area is 130 Å². The second kappa shape index (κ2) is 7.66. The molecule has 5 nitrogen and oxygen atoms in total. The van der Waals surface area contributed by atoms with Gasteiger partial charge in [-0.15, -0.1) is 11.3 Å². The van der Waals surface area contributed by atoms with Gasteiger partial charge in [0.1, 0.15) is 5.01 Å². The van der Waals surface area contributed by atoms with Gasteiger partial charge in [0.25, 0.3) is 0 Å². The molecule has 0 amide bonds. The third kappa shape index (κ3) is 4.89. The maximum atomic E-state index is 5.38. The number of aromatic nitrogens is 3. The van der Waals surface area contributed by atoms with Crippen molar-refractivity contribution in [3.63, 3.8) is 0 Å². The van der Waals surface area contributed by atoms with E-state index in [0.717, 1.165) is 35.9 Å². The van der Waals surface area contributed by atoms with Crippen molar-refractivity contribution in [1.82, 2.24) is 20.4 Å². The Morgan fingerprint density at radius 2 is 2.14 bits per heavy atom. The molecular formula is C15H24N4OS. The highest BCUT2D eigenvalue weighted by Gasteiger charge is 2.17. The number of hydrogen-bond acceptors (Lipinski definition) is 6. The van der Waals surface area contributed by atoms with Crippen LogP contribution in [0.25, 0.3) is 0 Å². The Bertz CT molecular complexity index is 549. The van der Waals surface area contributed by atoms with Crippen molar-refractivity contribution < 1.29 is 4.52 Å². The Balaban J connectivity index is 1.95. The second-order valence-corrected chi connectivity index (χ2v) is 6.62. The molecule has 0 aliphatic heterocycles. The molecule has 2 heterocycles. The van der Waals surface area contributed by atoms with Gasteiger partial charge >= 0.3 is 0 Å². The molecule has 0 aliphatic rings. The van der Waals surface area contributed by atoms with E-state index in [0.29, 0.717) is 24.3 Å². The standard InChI is InChI=1S/C15H24N4OS/c1-5-6-16-12(10(2)3)7-14-18-13(19-20-14)8-15-17-11(4)9-21-15/h9-10,12,16H,5-8H2,1-4H3. The molecule has 0 radical (unpaired) electrons. The van der Waals surface area contributed by atoms with Crippen LogP contribution in [-0.2, 0) is 12.8 Å². The first kappa shape index (κ1) is 16.1. The summed E-state index contributed by atoms with van der Waals surface area (Å²) in [6.07, 6.45) is 2.56. The van der Waals surface area contributed by atoms with E-state index in [1.807, 2.05) is 12.3 Å². The number of nitrogens with one attached hydrogen (secondary N) is 1. The van der Waals surface area contributed by atoms with Crippen LogP contribution in [0.5, 0.6) is 0 Å². The van der Waals surface area contributed by atoms with Crippen molar-refractivity contribution in [2.45, 2.75) is 53.0 Å². The second-order valence-electron chi connectivity index (χ2n) is 5.67. The fourth-order valence-electron chi connectivity index (χ4n) is 2.13.